The molecule has 6 nitrogen and oxygen atoms in total. The molecule has 0 saturated heterocycles. The Morgan fingerprint density at radius 1 is 1.10 bits per heavy atom. The molecule has 2 aromatic carbocycles. The Labute approximate surface area is 170 Å². The number of para-hydroxylation sites is 1. The van der Waals surface area contributed by atoms with Gasteiger partial charge in [-0.2, -0.15) is 0 Å². The van der Waals surface area contributed by atoms with Gasteiger partial charge in [0.1, 0.15) is 11.6 Å². The zero-order chi connectivity index (χ0) is 20.1. The topological polar surface area (TPSA) is 76.1 Å². The summed E-state index contributed by atoms with van der Waals surface area (Å²) in [6.07, 6.45) is 0.907. The van der Waals surface area contributed by atoms with Crippen LogP contribution >= 0.6 is 0 Å². The Hall–Kier alpha value is -3.41. The SMILES string of the molecule is CCNc1ccc(-c2cccc(C(=O)NCC3COc4ccccc4C3)c2)nn1. The summed E-state index contributed by atoms with van der Waals surface area (Å²) in [6, 6.07) is 19.3. The van der Waals surface area contributed by atoms with Crippen LogP contribution in [0, 0.1) is 5.92 Å². The summed E-state index contributed by atoms with van der Waals surface area (Å²) in [5.41, 5.74) is 3.40. The van der Waals surface area contributed by atoms with E-state index in [1.54, 1.807) is 0 Å². The Bertz CT molecular complexity index is 988. The second-order valence-corrected chi connectivity index (χ2v) is 7.11. The van der Waals surface area contributed by atoms with Crippen molar-refractivity contribution in [2.24, 2.45) is 5.92 Å². The molecule has 2 heterocycles. The maximum Gasteiger partial charge on any atom is 0.251 e. The number of benzene rings is 2. The number of nitrogens with one attached hydrogen (secondary N) is 2. The zero-order valence-corrected chi connectivity index (χ0v) is 16.4. The molecule has 0 fully saturated rings. The van der Waals surface area contributed by atoms with Gasteiger partial charge in [0.15, 0.2) is 0 Å². The minimum Gasteiger partial charge on any atom is -0.493 e. The third-order valence-corrected chi connectivity index (χ3v) is 4.95. The van der Waals surface area contributed by atoms with E-state index in [0.29, 0.717) is 18.7 Å². The van der Waals surface area contributed by atoms with Crippen LogP contribution in [0.5, 0.6) is 5.75 Å². The van der Waals surface area contributed by atoms with Gasteiger partial charge < -0.3 is 15.4 Å². The quantitative estimate of drug-likeness (QED) is 0.675. The van der Waals surface area contributed by atoms with Gasteiger partial charge in [-0.1, -0.05) is 30.3 Å². The smallest absolute Gasteiger partial charge is 0.251 e. The lowest BCUT2D eigenvalue weighted by molar-refractivity contribution is 0.0939. The lowest BCUT2D eigenvalue weighted by Crippen LogP contribution is -2.34. The summed E-state index contributed by atoms with van der Waals surface area (Å²) in [5.74, 6) is 1.86. The number of rotatable bonds is 6. The molecular formula is C23H24N4O2. The van der Waals surface area contributed by atoms with E-state index in [4.69, 9.17) is 4.74 Å². The first kappa shape index (κ1) is 18.9. The summed E-state index contributed by atoms with van der Waals surface area (Å²) in [5, 5.41) is 14.6. The van der Waals surface area contributed by atoms with Crippen LogP contribution in [0.15, 0.2) is 60.7 Å². The number of carbonyl (C=O) groups is 1. The number of carbonyl (C=O) groups excluding carboxylic acids is 1. The molecule has 0 aliphatic carbocycles. The van der Waals surface area contributed by atoms with E-state index in [1.807, 2.05) is 61.5 Å². The molecule has 1 atom stereocenters. The number of hydrogen-bond acceptors (Lipinski definition) is 5. The molecule has 0 radical (unpaired) electrons. The van der Waals surface area contributed by atoms with Crippen molar-refractivity contribution in [3.63, 3.8) is 0 Å². The van der Waals surface area contributed by atoms with Gasteiger partial charge in [0.2, 0.25) is 0 Å². The fourth-order valence-electron chi connectivity index (χ4n) is 3.44. The summed E-state index contributed by atoms with van der Waals surface area (Å²) in [6.45, 7) is 4.00. The highest BCUT2D eigenvalue weighted by atomic mass is 16.5. The van der Waals surface area contributed by atoms with Crippen LogP contribution in [0.25, 0.3) is 11.3 Å². The van der Waals surface area contributed by atoms with Gasteiger partial charge in [0.05, 0.1) is 12.3 Å². The molecule has 1 aliphatic rings. The highest BCUT2D eigenvalue weighted by Crippen LogP contribution is 2.26. The highest BCUT2D eigenvalue weighted by Gasteiger charge is 2.20. The molecule has 1 aliphatic heterocycles. The molecule has 1 aromatic heterocycles. The van der Waals surface area contributed by atoms with Gasteiger partial charge in [0, 0.05) is 30.1 Å². The number of fused-ring (bicyclic) bond motifs is 1. The van der Waals surface area contributed by atoms with Crippen molar-refractivity contribution in [1.82, 2.24) is 15.5 Å². The average molecular weight is 388 g/mol. The van der Waals surface area contributed by atoms with E-state index in [0.717, 1.165) is 35.8 Å². The van der Waals surface area contributed by atoms with E-state index in [2.05, 4.69) is 26.9 Å². The van der Waals surface area contributed by atoms with Crippen molar-refractivity contribution in [2.45, 2.75) is 13.3 Å². The van der Waals surface area contributed by atoms with Crippen molar-refractivity contribution >= 4 is 11.7 Å². The Kier molecular flexibility index (Phi) is 5.70. The standard InChI is InChI=1S/C23H24N4O2/c1-2-24-22-11-10-20(26-27-22)17-7-5-8-19(13-17)23(28)25-14-16-12-18-6-3-4-9-21(18)29-15-16/h3-11,13,16H,2,12,14-15H2,1H3,(H,24,27)(H,25,28). The molecular weight excluding hydrogens is 364 g/mol. The van der Waals surface area contributed by atoms with Crippen molar-refractivity contribution in [2.75, 3.05) is 25.0 Å². The Morgan fingerprint density at radius 3 is 2.83 bits per heavy atom. The number of aromatic nitrogens is 2. The van der Waals surface area contributed by atoms with Crippen LogP contribution in [0.2, 0.25) is 0 Å². The van der Waals surface area contributed by atoms with Crippen LogP contribution in [0.3, 0.4) is 0 Å². The van der Waals surface area contributed by atoms with Crippen molar-refractivity contribution in [3.8, 4) is 17.0 Å². The number of ether oxygens (including phenoxy) is 1. The minimum atomic E-state index is -0.0945. The van der Waals surface area contributed by atoms with Gasteiger partial charge in [-0.15, -0.1) is 10.2 Å². The van der Waals surface area contributed by atoms with Gasteiger partial charge in [-0.25, -0.2) is 0 Å². The molecule has 148 valence electrons. The van der Waals surface area contributed by atoms with Crippen LogP contribution < -0.4 is 15.4 Å². The molecule has 6 heteroatoms. The van der Waals surface area contributed by atoms with E-state index < -0.39 is 0 Å². The average Bonchev–Trinajstić information content (AvgIpc) is 2.78. The molecule has 0 spiro atoms. The van der Waals surface area contributed by atoms with Crippen molar-refractivity contribution in [3.05, 3.63) is 71.8 Å². The van der Waals surface area contributed by atoms with Crippen LogP contribution in [0.4, 0.5) is 5.82 Å². The largest absolute Gasteiger partial charge is 0.493 e. The molecule has 1 amide bonds. The van der Waals surface area contributed by atoms with Crippen molar-refractivity contribution < 1.29 is 9.53 Å². The fraction of sp³-hybridized carbons (Fsp3) is 0.261. The molecule has 1 unspecified atom stereocenters. The van der Waals surface area contributed by atoms with Gasteiger partial charge >= 0.3 is 0 Å². The Morgan fingerprint density at radius 2 is 2.00 bits per heavy atom. The number of anilines is 1. The monoisotopic (exact) mass is 388 g/mol. The van der Waals surface area contributed by atoms with E-state index in [1.165, 1.54) is 5.56 Å². The van der Waals surface area contributed by atoms with Gasteiger partial charge in [0.25, 0.3) is 5.91 Å². The normalized spacial score (nSPS) is 15.1. The van der Waals surface area contributed by atoms with Crippen LogP contribution in [-0.4, -0.2) is 35.8 Å². The molecule has 0 bridgehead atoms. The maximum absolute atomic E-state index is 12.7. The third kappa shape index (κ3) is 4.54. The lowest BCUT2D eigenvalue weighted by atomic mass is 9.96. The summed E-state index contributed by atoms with van der Waals surface area (Å²) < 4.78 is 5.81. The molecule has 29 heavy (non-hydrogen) atoms. The first-order valence-electron chi connectivity index (χ1n) is 9.90. The predicted molar refractivity (Wildman–Crippen MR) is 113 cm³/mol. The van der Waals surface area contributed by atoms with Crippen LogP contribution in [-0.2, 0) is 6.42 Å². The first-order chi connectivity index (χ1) is 14.2. The molecule has 0 saturated carbocycles. The highest BCUT2D eigenvalue weighted by molar-refractivity contribution is 5.95. The van der Waals surface area contributed by atoms with E-state index >= 15 is 0 Å². The molecule has 2 N–H and O–H groups in total. The lowest BCUT2D eigenvalue weighted by Gasteiger charge is -2.25. The summed E-state index contributed by atoms with van der Waals surface area (Å²) in [7, 11) is 0. The fourth-order valence-corrected chi connectivity index (χ4v) is 3.44. The first-order valence-corrected chi connectivity index (χ1v) is 9.90. The molecule has 3 aromatic rings. The number of nitrogens with zero attached hydrogens (tertiary/aromatic N) is 2. The zero-order valence-electron chi connectivity index (χ0n) is 16.4. The van der Waals surface area contributed by atoms with E-state index in [-0.39, 0.29) is 11.8 Å². The van der Waals surface area contributed by atoms with Crippen molar-refractivity contribution in [1.29, 1.82) is 0 Å². The minimum absolute atomic E-state index is 0.0945. The second-order valence-electron chi connectivity index (χ2n) is 7.11. The second kappa shape index (κ2) is 8.73. The van der Waals surface area contributed by atoms with Gasteiger partial charge in [-0.05, 0) is 49.2 Å². The molecule has 4 rings (SSSR count). The van der Waals surface area contributed by atoms with Gasteiger partial charge in [-0.3, -0.25) is 4.79 Å². The van der Waals surface area contributed by atoms with E-state index in [9.17, 15) is 4.79 Å². The summed E-state index contributed by atoms with van der Waals surface area (Å²) in [4.78, 5) is 12.7. The predicted octanol–water partition coefficient (Wildman–Crippen LogP) is 3.56. The van der Waals surface area contributed by atoms with Crippen LogP contribution in [0.1, 0.15) is 22.8 Å². The maximum atomic E-state index is 12.7. The number of hydrogen-bond donors (Lipinski definition) is 2. The number of amides is 1. The Balaban J connectivity index is 1.39. The summed E-state index contributed by atoms with van der Waals surface area (Å²) >= 11 is 0. The third-order valence-electron chi connectivity index (χ3n) is 4.95.